The molecule has 5 rings (SSSR count). The number of carbonyl (C=O) groups excluding carboxylic acids is 2. The highest BCUT2D eigenvalue weighted by atomic mass is 32.1. The van der Waals surface area contributed by atoms with E-state index in [1.54, 1.807) is 28.4 Å². The van der Waals surface area contributed by atoms with Crippen molar-refractivity contribution in [2.24, 2.45) is 5.92 Å². The Morgan fingerprint density at radius 3 is 2.69 bits per heavy atom. The quantitative estimate of drug-likeness (QED) is 0.431. The van der Waals surface area contributed by atoms with Gasteiger partial charge in [-0.1, -0.05) is 23.8 Å². The van der Waals surface area contributed by atoms with Gasteiger partial charge in [0.05, 0.1) is 6.04 Å². The van der Waals surface area contributed by atoms with Gasteiger partial charge >= 0.3 is 0 Å². The highest BCUT2D eigenvalue weighted by molar-refractivity contribution is 7.10. The van der Waals surface area contributed by atoms with Gasteiger partial charge in [0.1, 0.15) is 24.7 Å². The summed E-state index contributed by atoms with van der Waals surface area (Å²) in [7, 11) is 0. The minimum Gasteiger partial charge on any atom is -0.491 e. The highest BCUT2D eigenvalue weighted by Crippen LogP contribution is 2.35. The number of amides is 2. The fourth-order valence-electron chi connectivity index (χ4n) is 4.57. The summed E-state index contributed by atoms with van der Waals surface area (Å²) in [5, 5.41) is 2.04. The van der Waals surface area contributed by atoms with Crippen molar-refractivity contribution in [1.29, 1.82) is 0 Å². The second kappa shape index (κ2) is 10.2. The molecule has 1 aliphatic heterocycles. The molecule has 3 aromatic rings. The van der Waals surface area contributed by atoms with E-state index in [9.17, 15) is 14.0 Å². The maximum absolute atomic E-state index is 13.6. The van der Waals surface area contributed by atoms with Gasteiger partial charge in [0, 0.05) is 29.6 Å². The average Bonchev–Trinajstić information content (AvgIpc) is 3.54. The Morgan fingerprint density at radius 1 is 1.14 bits per heavy atom. The van der Waals surface area contributed by atoms with Crippen LogP contribution in [-0.4, -0.2) is 47.9 Å². The molecule has 182 valence electrons. The summed E-state index contributed by atoms with van der Waals surface area (Å²) in [6.07, 6.45) is 2.97. The van der Waals surface area contributed by atoms with Crippen LogP contribution in [0.3, 0.4) is 0 Å². The molecular weight excluding hydrogens is 463 g/mol. The smallest absolute Gasteiger partial charge is 0.254 e. The highest BCUT2D eigenvalue weighted by Gasteiger charge is 2.35. The lowest BCUT2D eigenvalue weighted by Gasteiger charge is -2.37. The largest absolute Gasteiger partial charge is 0.491 e. The molecule has 0 radical (unpaired) electrons. The molecule has 0 saturated heterocycles. The lowest BCUT2D eigenvalue weighted by molar-refractivity contribution is -0.135. The van der Waals surface area contributed by atoms with Crippen LogP contribution in [-0.2, 0) is 11.2 Å². The number of hydrogen-bond donors (Lipinski definition) is 0. The molecule has 2 aliphatic rings. The Labute approximate surface area is 209 Å². The van der Waals surface area contributed by atoms with Crippen molar-refractivity contribution >= 4 is 23.2 Å². The predicted molar refractivity (Wildman–Crippen MR) is 134 cm³/mol. The third-order valence-electron chi connectivity index (χ3n) is 6.71. The number of carbonyl (C=O) groups is 2. The number of fused-ring (bicyclic) bond motifs is 1. The van der Waals surface area contributed by atoms with Crippen molar-refractivity contribution in [2.75, 3.05) is 26.2 Å². The maximum Gasteiger partial charge on any atom is 0.254 e. The van der Waals surface area contributed by atoms with E-state index in [0.29, 0.717) is 30.3 Å². The van der Waals surface area contributed by atoms with Crippen LogP contribution >= 0.6 is 11.3 Å². The summed E-state index contributed by atoms with van der Waals surface area (Å²) < 4.78 is 19.6. The fraction of sp³-hybridized carbons (Fsp3) is 0.357. The van der Waals surface area contributed by atoms with Crippen molar-refractivity contribution < 1.29 is 18.7 Å². The summed E-state index contributed by atoms with van der Waals surface area (Å²) in [5.74, 6) is 0.348. The Morgan fingerprint density at radius 2 is 1.94 bits per heavy atom. The normalized spacial score (nSPS) is 17.1. The second-order valence-corrected chi connectivity index (χ2v) is 10.4. The van der Waals surface area contributed by atoms with Crippen molar-refractivity contribution in [3.63, 3.8) is 0 Å². The zero-order valence-electron chi connectivity index (χ0n) is 19.8. The van der Waals surface area contributed by atoms with Crippen LogP contribution in [0.5, 0.6) is 5.75 Å². The molecular formula is C28H29FN2O3S. The number of aryl methyl sites for hydroxylation is 1. The molecule has 1 aromatic heterocycles. The van der Waals surface area contributed by atoms with E-state index < -0.39 is 0 Å². The lowest BCUT2D eigenvalue weighted by atomic mass is 10.00. The summed E-state index contributed by atoms with van der Waals surface area (Å²) >= 11 is 1.68. The summed E-state index contributed by atoms with van der Waals surface area (Å²) in [6, 6.07) is 15.3. The van der Waals surface area contributed by atoms with Crippen LogP contribution in [0.2, 0.25) is 0 Å². The zero-order chi connectivity index (χ0) is 24.4. The third-order valence-corrected chi connectivity index (χ3v) is 7.70. The van der Waals surface area contributed by atoms with E-state index in [2.05, 4.69) is 0 Å². The Bertz CT molecular complexity index is 1200. The van der Waals surface area contributed by atoms with E-state index in [4.69, 9.17) is 4.74 Å². The average molecular weight is 493 g/mol. The van der Waals surface area contributed by atoms with Gasteiger partial charge in [0.15, 0.2) is 0 Å². The van der Waals surface area contributed by atoms with Gasteiger partial charge < -0.3 is 14.5 Å². The van der Waals surface area contributed by atoms with Crippen LogP contribution in [0.4, 0.5) is 4.39 Å². The molecule has 0 bridgehead atoms. The van der Waals surface area contributed by atoms with Crippen LogP contribution < -0.4 is 4.74 Å². The molecule has 2 heterocycles. The van der Waals surface area contributed by atoms with Gasteiger partial charge in [-0.3, -0.25) is 9.59 Å². The second-order valence-electron chi connectivity index (χ2n) is 9.42. The summed E-state index contributed by atoms with van der Waals surface area (Å²) in [5.41, 5.74) is 2.77. The monoisotopic (exact) mass is 492 g/mol. The summed E-state index contributed by atoms with van der Waals surface area (Å²) in [6.45, 7) is 3.42. The van der Waals surface area contributed by atoms with Crippen LogP contribution in [0, 0.1) is 18.7 Å². The SMILES string of the molecule is Cc1ccc(C(=O)N(CC(=O)N2CCc3sccc3[C@@H]2COc2cccc(F)c2)CC2CC2)cc1. The molecule has 1 saturated carbocycles. The fourth-order valence-corrected chi connectivity index (χ4v) is 5.50. The molecule has 35 heavy (non-hydrogen) atoms. The van der Waals surface area contributed by atoms with E-state index in [-0.39, 0.29) is 36.8 Å². The van der Waals surface area contributed by atoms with Gasteiger partial charge in [-0.05, 0) is 73.4 Å². The molecule has 0 unspecified atom stereocenters. The number of benzene rings is 2. The van der Waals surface area contributed by atoms with E-state index >= 15 is 0 Å². The molecule has 7 heteroatoms. The van der Waals surface area contributed by atoms with Gasteiger partial charge in [-0.15, -0.1) is 11.3 Å². The van der Waals surface area contributed by atoms with Crippen molar-refractivity contribution in [3.8, 4) is 5.75 Å². The third kappa shape index (κ3) is 5.56. The van der Waals surface area contributed by atoms with Gasteiger partial charge in [0.25, 0.3) is 5.91 Å². The van der Waals surface area contributed by atoms with Gasteiger partial charge in [-0.25, -0.2) is 4.39 Å². The minimum atomic E-state index is -0.361. The van der Waals surface area contributed by atoms with E-state index in [1.165, 1.54) is 17.0 Å². The molecule has 0 N–H and O–H groups in total. The first kappa shape index (κ1) is 23.5. The Hall–Kier alpha value is -3.19. The summed E-state index contributed by atoms with van der Waals surface area (Å²) in [4.78, 5) is 31.7. The first-order valence-corrected chi connectivity index (χ1v) is 13.0. The van der Waals surface area contributed by atoms with Crippen molar-refractivity contribution in [3.05, 3.63) is 87.4 Å². The minimum absolute atomic E-state index is 0.0408. The number of ether oxygens (including phenoxy) is 1. The molecule has 2 amide bonds. The topological polar surface area (TPSA) is 49.9 Å². The lowest BCUT2D eigenvalue weighted by Crippen LogP contribution is -2.48. The van der Waals surface area contributed by atoms with Crippen molar-refractivity contribution in [1.82, 2.24) is 9.80 Å². The molecule has 0 spiro atoms. The van der Waals surface area contributed by atoms with E-state index in [1.807, 2.05) is 47.5 Å². The molecule has 5 nitrogen and oxygen atoms in total. The van der Waals surface area contributed by atoms with Gasteiger partial charge in [0.2, 0.25) is 5.91 Å². The van der Waals surface area contributed by atoms with Crippen molar-refractivity contribution in [2.45, 2.75) is 32.2 Å². The number of rotatable bonds is 8. The first-order valence-electron chi connectivity index (χ1n) is 12.1. The van der Waals surface area contributed by atoms with Crippen LogP contribution in [0.25, 0.3) is 0 Å². The Kier molecular flexibility index (Phi) is 6.86. The van der Waals surface area contributed by atoms with Gasteiger partial charge in [-0.2, -0.15) is 0 Å². The van der Waals surface area contributed by atoms with Crippen LogP contribution in [0.15, 0.2) is 60.0 Å². The molecule has 1 atom stereocenters. The number of hydrogen-bond acceptors (Lipinski definition) is 4. The maximum atomic E-state index is 13.6. The molecule has 2 aromatic carbocycles. The predicted octanol–water partition coefficient (Wildman–Crippen LogP) is 5.25. The number of thiophene rings is 1. The number of nitrogens with zero attached hydrogens (tertiary/aromatic N) is 2. The standard InChI is InChI=1S/C28H29FN2O3S/c1-19-5-9-21(10-6-19)28(33)30(16-20-7-8-20)17-27(32)31-13-11-26-24(12-14-35-26)25(31)18-34-23-4-2-3-22(29)15-23/h2-6,9-10,12,14-15,20,25H,7-8,11,13,16-18H2,1H3/t25-/m0/s1. The van der Waals surface area contributed by atoms with E-state index in [0.717, 1.165) is 30.4 Å². The Balaban J connectivity index is 1.34. The zero-order valence-corrected chi connectivity index (χ0v) is 20.6. The first-order chi connectivity index (χ1) is 17.0. The van der Waals surface area contributed by atoms with Crippen LogP contribution in [0.1, 0.15) is 45.2 Å². The number of halogens is 1. The molecule has 1 fully saturated rings. The molecule has 1 aliphatic carbocycles.